The Bertz CT molecular complexity index is 794. The summed E-state index contributed by atoms with van der Waals surface area (Å²) < 4.78 is 4.66. The van der Waals surface area contributed by atoms with Crippen molar-refractivity contribution < 1.29 is 19.1 Å². The van der Waals surface area contributed by atoms with E-state index in [0.717, 1.165) is 5.56 Å². The number of methoxy groups -OCH3 is 1. The summed E-state index contributed by atoms with van der Waals surface area (Å²) in [6, 6.07) is 16.0. The van der Waals surface area contributed by atoms with Crippen LogP contribution in [0.3, 0.4) is 0 Å². The van der Waals surface area contributed by atoms with Crippen LogP contribution in [-0.4, -0.2) is 42.9 Å². The lowest BCUT2D eigenvalue weighted by Gasteiger charge is -2.22. The van der Waals surface area contributed by atoms with E-state index < -0.39 is 0 Å². The molecule has 0 saturated carbocycles. The van der Waals surface area contributed by atoms with E-state index in [4.69, 9.17) is 11.6 Å². The molecular weight excluding hydrogens is 380 g/mol. The normalized spacial score (nSPS) is 10.2. The smallest absolute Gasteiger partial charge is 0.307 e. The number of nitrogens with one attached hydrogen (secondary N) is 1. The fourth-order valence-corrected chi connectivity index (χ4v) is 2.69. The van der Waals surface area contributed by atoms with Crippen LogP contribution >= 0.6 is 11.6 Å². The average molecular weight is 403 g/mol. The van der Waals surface area contributed by atoms with Crippen LogP contribution in [-0.2, 0) is 20.9 Å². The molecule has 0 saturated heterocycles. The van der Waals surface area contributed by atoms with E-state index in [1.54, 1.807) is 29.2 Å². The average Bonchev–Trinajstić information content (AvgIpc) is 2.71. The molecule has 0 heterocycles. The Kier molecular flexibility index (Phi) is 8.49. The van der Waals surface area contributed by atoms with E-state index in [1.807, 2.05) is 30.3 Å². The van der Waals surface area contributed by atoms with Gasteiger partial charge in [-0.25, -0.2) is 0 Å². The number of ether oxygens (including phenoxy) is 1. The topological polar surface area (TPSA) is 75.7 Å². The summed E-state index contributed by atoms with van der Waals surface area (Å²) in [6.07, 6.45) is 0.250. The first-order valence-corrected chi connectivity index (χ1v) is 9.29. The van der Waals surface area contributed by atoms with Crippen LogP contribution < -0.4 is 5.32 Å². The van der Waals surface area contributed by atoms with Gasteiger partial charge in [0.05, 0.1) is 13.5 Å². The molecule has 6 nitrogen and oxygen atoms in total. The van der Waals surface area contributed by atoms with Gasteiger partial charge in [-0.05, 0) is 29.8 Å². The second-order valence-corrected chi connectivity index (χ2v) is 6.58. The molecule has 2 amide bonds. The van der Waals surface area contributed by atoms with Gasteiger partial charge in [0.1, 0.15) is 0 Å². The zero-order valence-corrected chi connectivity index (χ0v) is 16.4. The van der Waals surface area contributed by atoms with E-state index in [9.17, 15) is 14.4 Å². The second kappa shape index (κ2) is 11.1. The Morgan fingerprint density at radius 3 is 2.32 bits per heavy atom. The Balaban J connectivity index is 1.90. The minimum Gasteiger partial charge on any atom is -0.469 e. The van der Waals surface area contributed by atoms with Crippen LogP contribution in [0, 0.1) is 0 Å². The first kappa shape index (κ1) is 21.4. The van der Waals surface area contributed by atoms with Gasteiger partial charge >= 0.3 is 5.97 Å². The van der Waals surface area contributed by atoms with E-state index in [-0.39, 0.29) is 43.7 Å². The third-order valence-electron chi connectivity index (χ3n) is 4.11. The lowest BCUT2D eigenvalue weighted by Crippen LogP contribution is -2.35. The van der Waals surface area contributed by atoms with Crippen molar-refractivity contribution in [2.75, 3.05) is 20.2 Å². The summed E-state index contributed by atoms with van der Waals surface area (Å²) in [7, 11) is 1.32. The van der Waals surface area contributed by atoms with Gasteiger partial charge in [-0.3, -0.25) is 14.4 Å². The van der Waals surface area contributed by atoms with Crippen molar-refractivity contribution in [3.8, 4) is 0 Å². The summed E-state index contributed by atoms with van der Waals surface area (Å²) in [5, 5.41) is 3.27. The van der Waals surface area contributed by atoms with Crippen molar-refractivity contribution in [3.05, 3.63) is 70.7 Å². The third-order valence-corrected chi connectivity index (χ3v) is 4.37. The number of rotatable bonds is 9. The number of esters is 1. The molecule has 7 heteroatoms. The highest BCUT2D eigenvalue weighted by atomic mass is 35.5. The summed E-state index contributed by atoms with van der Waals surface area (Å²) in [6.45, 7) is 0.844. The second-order valence-electron chi connectivity index (χ2n) is 6.14. The molecule has 2 aromatic rings. The largest absolute Gasteiger partial charge is 0.469 e. The number of hydrogen-bond donors (Lipinski definition) is 1. The van der Waals surface area contributed by atoms with E-state index in [2.05, 4.69) is 10.1 Å². The highest BCUT2D eigenvalue weighted by Gasteiger charge is 2.16. The lowest BCUT2D eigenvalue weighted by molar-refractivity contribution is -0.141. The predicted molar refractivity (Wildman–Crippen MR) is 107 cm³/mol. The molecule has 2 aromatic carbocycles. The van der Waals surface area contributed by atoms with Gasteiger partial charge in [0.15, 0.2) is 0 Å². The fraction of sp³-hybridized carbons (Fsp3) is 0.286. The summed E-state index contributed by atoms with van der Waals surface area (Å²) >= 11 is 5.81. The number of carbonyl (C=O) groups is 3. The number of hydrogen-bond acceptors (Lipinski definition) is 4. The number of halogens is 1. The Labute approximate surface area is 169 Å². The highest BCUT2D eigenvalue weighted by Crippen LogP contribution is 2.10. The monoisotopic (exact) mass is 402 g/mol. The molecule has 28 heavy (non-hydrogen) atoms. The van der Waals surface area contributed by atoms with E-state index in [0.29, 0.717) is 17.1 Å². The van der Waals surface area contributed by atoms with Crippen molar-refractivity contribution in [2.24, 2.45) is 0 Å². The molecule has 0 atom stereocenters. The molecule has 0 aliphatic heterocycles. The standard InChI is InChI=1S/C21H23ClN2O4/c1-28-20(26)12-14-24(15-16-5-3-2-4-6-16)19(25)11-13-23-21(27)17-7-9-18(22)10-8-17/h2-10H,11-15H2,1H3,(H,23,27). The van der Waals surface area contributed by atoms with Gasteiger partial charge in [-0.1, -0.05) is 41.9 Å². The number of benzene rings is 2. The van der Waals surface area contributed by atoms with Crippen molar-refractivity contribution in [3.63, 3.8) is 0 Å². The molecule has 2 rings (SSSR count). The zero-order valence-electron chi connectivity index (χ0n) is 15.7. The summed E-state index contributed by atoms with van der Waals surface area (Å²) in [5.74, 6) is -0.792. The van der Waals surface area contributed by atoms with Gasteiger partial charge in [0.25, 0.3) is 5.91 Å². The molecule has 0 fully saturated rings. The van der Waals surface area contributed by atoms with Crippen LogP contribution in [0.4, 0.5) is 0 Å². The molecule has 0 radical (unpaired) electrons. The third kappa shape index (κ3) is 7.04. The molecule has 0 unspecified atom stereocenters. The van der Waals surface area contributed by atoms with Gasteiger partial charge in [-0.2, -0.15) is 0 Å². The van der Waals surface area contributed by atoms with Gasteiger partial charge < -0.3 is 15.0 Å². The Morgan fingerprint density at radius 1 is 1.00 bits per heavy atom. The van der Waals surface area contributed by atoms with Crippen LogP contribution in [0.5, 0.6) is 0 Å². The maximum atomic E-state index is 12.6. The fourth-order valence-electron chi connectivity index (χ4n) is 2.57. The lowest BCUT2D eigenvalue weighted by atomic mass is 10.2. The minimum absolute atomic E-state index is 0.117. The van der Waals surface area contributed by atoms with E-state index >= 15 is 0 Å². The quantitative estimate of drug-likeness (QED) is 0.654. The molecular formula is C21H23ClN2O4. The van der Waals surface area contributed by atoms with Crippen LogP contribution in [0.15, 0.2) is 54.6 Å². The SMILES string of the molecule is COC(=O)CCN(Cc1ccccc1)C(=O)CCNC(=O)c1ccc(Cl)cc1. The predicted octanol–water partition coefficient (Wildman–Crippen LogP) is 3.05. The minimum atomic E-state index is -0.373. The number of amides is 2. The maximum Gasteiger partial charge on any atom is 0.307 e. The van der Waals surface area contributed by atoms with Crippen LogP contribution in [0.25, 0.3) is 0 Å². The van der Waals surface area contributed by atoms with Gasteiger partial charge in [0, 0.05) is 36.6 Å². The molecule has 0 bridgehead atoms. The number of carbonyl (C=O) groups excluding carboxylic acids is 3. The Morgan fingerprint density at radius 2 is 1.68 bits per heavy atom. The molecule has 0 aliphatic carbocycles. The van der Waals surface area contributed by atoms with Crippen LogP contribution in [0.2, 0.25) is 5.02 Å². The van der Waals surface area contributed by atoms with Gasteiger partial charge in [-0.15, -0.1) is 0 Å². The highest BCUT2D eigenvalue weighted by molar-refractivity contribution is 6.30. The number of nitrogens with zero attached hydrogens (tertiary/aromatic N) is 1. The van der Waals surface area contributed by atoms with Crippen molar-refractivity contribution in [2.45, 2.75) is 19.4 Å². The van der Waals surface area contributed by atoms with Crippen molar-refractivity contribution in [1.82, 2.24) is 10.2 Å². The van der Waals surface area contributed by atoms with Gasteiger partial charge in [0.2, 0.25) is 5.91 Å². The first-order valence-electron chi connectivity index (χ1n) is 8.92. The summed E-state index contributed by atoms with van der Waals surface area (Å²) in [5.41, 5.74) is 1.44. The summed E-state index contributed by atoms with van der Waals surface area (Å²) in [4.78, 5) is 37.8. The van der Waals surface area contributed by atoms with Crippen molar-refractivity contribution >= 4 is 29.4 Å². The molecule has 0 aliphatic rings. The first-order chi connectivity index (χ1) is 13.5. The maximum absolute atomic E-state index is 12.6. The molecule has 148 valence electrons. The van der Waals surface area contributed by atoms with Crippen LogP contribution in [0.1, 0.15) is 28.8 Å². The van der Waals surface area contributed by atoms with Crippen molar-refractivity contribution in [1.29, 1.82) is 0 Å². The molecule has 0 spiro atoms. The molecule has 0 aromatic heterocycles. The van der Waals surface area contributed by atoms with E-state index in [1.165, 1.54) is 7.11 Å². The Hall–Kier alpha value is -2.86. The zero-order chi connectivity index (χ0) is 20.4. The molecule has 1 N–H and O–H groups in total.